The standard InChI is InChI=1S/C46H80O6S6/c47-53-25-35-1-5-37(6-2-35)27-54(48)29-39-9-13-41(14-10-39)31-56(50)33-43-17-21-45(22-18-43)58(52)46-23-19-44(20-24-46)34-57(51)32-42-15-11-40(12-16-42)30-55(49)28-38-7-3-36(26-53)4-8-38/h35-46H,1-34H2. The first-order valence-corrected chi connectivity index (χ1v) is 33.0. The van der Waals surface area contributed by atoms with Gasteiger partial charge in [0.1, 0.15) is 0 Å². The molecule has 10 aliphatic heterocycles. The van der Waals surface area contributed by atoms with Crippen LogP contribution in [0.4, 0.5) is 0 Å². The normalized spacial score (nSPS) is 47.8. The summed E-state index contributed by atoms with van der Waals surface area (Å²) in [4.78, 5) is 0. The molecular formula is C46H80O6S6. The Kier molecular flexibility index (Phi) is 19.2. The molecule has 58 heavy (non-hydrogen) atoms. The van der Waals surface area contributed by atoms with Crippen LogP contribution in [0, 0.1) is 59.2 Å². The van der Waals surface area contributed by atoms with E-state index in [-0.39, 0.29) is 0 Å². The highest BCUT2D eigenvalue weighted by molar-refractivity contribution is 7.86. The number of hydrogen-bond donors (Lipinski definition) is 0. The average molecular weight is 922 g/mol. The molecule has 0 radical (unpaired) electrons. The zero-order valence-electron chi connectivity index (χ0n) is 35.9. The van der Waals surface area contributed by atoms with Crippen molar-refractivity contribution in [3.05, 3.63) is 0 Å². The zero-order chi connectivity index (χ0) is 40.4. The van der Waals surface area contributed by atoms with Crippen molar-refractivity contribution in [2.45, 2.75) is 165 Å². The predicted molar refractivity (Wildman–Crippen MR) is 251 cm³/mol. The molecule has 6 saturated carbocycles. The molecule has 4 unspecified atom stereocenters. The summed E-state index contributed by atoms with van der Waals surface area (Å²) in [5, 5.41) is 0.594. The molecule has 336 valence electrons. The van der Waals surface area contributed by atoms with Crippen molar-refractivity contribution < 1.29 is 25.3 Å². The van der Waals surface area contributed by atoms with Crippen molar-refractivity contribution in [3.63, 3.8) is 0 Å². The molecule has 0 aromatic rings. The molecular weight excluding hydrogens is 841 g/mol. The molecule has 16 rings (SSSR count). The van der Waals surface area contributed by atoms with E-state index in [9.17, 15) is 25.3 Å². The summed E-state index contributed by atoms with van der Waals surface area (Å²) in [5.41, 5.74) is 0. The van der Waals surface area contributed by atoms with Crippen LogP contribution in [0.3, 0.4) is 0 Å². The van der Waals surface area contributed by atoms with E-state index in [1.165, 1.54) is 0 Å². The Labute approximate surface area is 368 Å². The summed E-state index contributed by atoms with van der Waals surface area (Å²) in [6, 6.07) is 0. The molecule has 16 aliphatic rings. The largest absolute Gasteiger partial charge is 0.260 e. The maximum atomic E-state index is 13.7. The maximum absolute atomic E-state index is 13.7. The third kappa shape index (κ3) is 15.0. The van der Waals surface area contributed by atoms with Crippen LogP contribution in [-0.4, -0.2) is 93.3 Å². The fourth-order valence-electron chi connectivity index (χ4n) is 12.6. The number of hydrogen-bond acceptors (Lipinski definition) is 6. The van der Waals surface area contributed by atoms with Gasteiger partial charge in [-0.05, 0) is 213 Å². The first kappa shape index (κ1) is 46.9. The van der Waals surface area contributed by atoms with Gasteiger partial charge in [-0.1, -0.05) is 0 Å². The van der Waals surface area contributed by atoms with Crippen molar-refractivity contribution in [1.29, 1.82) is 0 Å². The minimum Gasteiger partial charge on any atom is -0.260 e. The fraction of sp³-hybridized carbons (Fsp3) is 1.00. The first-order valence-electron chi connectivity index (χ1n) is 24.2. The predicted octanol–water partition coefficient (Wildman–Crippen LogP) is 8.84. The van der Waals surface area contributed by atoms with Crippen LogP contribution in [0.1, 0.15) is 154 Å². The quantitative estimate of drug-likeness (QED) is 0.241. The lowest BCUT2D eigenvalue weighted by atomic mass is 9.84. The van der Waals surface area contributed by atoms with Crippen molar-refractivity contribution in [3.8, 4) is 0 Å². The molecule has 0 spiro atoms. The minimum absolute atomic E-state index is 0.297. The number of rotatable bonds is 0. The van der Waals surface area contributed by atoms with E-state index >= 15 is 0 Å². The fourth-order valence-corrected chi connectivity index (χ4v) is 23.9. The smallest absolute Gasteiger partial charge is 0.0351 e. The molecule has 0 N–H and O–H groups in total. The molecule has 12 bridgehead atoms. The van der Waals surface area contributed by atoms with Crippen LogP contribution in [0.15, 0.2) is 0 Å². The lowest BCUT2D eigenvalue weighted by Crippen LogP contribution is -2.34. The van der Waals surface area contributed by atoms with Gasteiger partial charge in [0, 0.05) is 133 Å². The van der Waals surface area contributed by atoms with E-state index in [0.717, 1.165) is 212 Å². The Balaban J connectivity index is 0.874. The summed E-state index contributed by atoms with van der Waals surface area (Å²) in [5.74, 6) is 13.7. The highest BCUT2D eigenvalue weighted by Crippen LogP contribution is 2.38. The Morgan fingerprint density at radius 3 is 0.448 bits per heavy atom. The van der Waals surface area contributed by atoms with E-state index in [0.29, 0.717) is 69.7 Å². The van der Waals surface area contributed by atoms with Gasteiger partial charge in [-0.2, -0.15) is 0 Å². The monoisotopic (exact) mass is 920 g/mol. The molecule has 0 aromatic heterocycles. The Morgan fingerprint density at radius 1 is 0.190 bits per heavy atom. The molecule has 12 heteroatoms. The summed E-state index contributed by atoms with van der Waals surface area (Å²) in [6.07, 6.45) is 26.4. The Hall–Kier alpha value is 0.900. The van der Waals surface area contributed by atoms with E-state index in [4.69, 9.17) is 0 Å². The van der Waals surface area contributed by atoms with E-state index < -0.39 is 64.8 Å². The molecule has 0 amide bonds. The first-order chi connectivity index (χ1) is 28.1. The molecule has 6 nitrogen and oxygen atoms in total. The van der Waals surface area contributed by atoms with Crippen molar-refractivity contribution in [2.75, 3.05) is 57.5 Å². The lowest BCUT2D eigenvalue weighted by Gasteiger charge is -2.34. The molecule has 4 atom stereocenters. The summed E-state index contributed by atoms with van der Waals surface area (Å²) in [7, 11) is -4.63. The van der Waals surface area contributed by atoms with E-state index in [2.05, 4.69) is 0 Å². The van der Waals surface area contributed by atoms with Gasteiger partial charge in [0.25, 0.3) is 0 Å². The van der Waals surface area contributed by atoms with Gasteiger partial charge < -0.3 is 0 Å². The van der Waals surface area contributed by atoms with Crippen LogP contribution < -0.4 is 0 Å². The molecule has 0 aromatic carbocycles. The summed E-state index contributed by atoms with van der Waals surface area (Å²) in [6.45, 7) is 0. The SMILES string of the molecule is O=S1CC2CCC(CC2)CS(=O)CC2CCC(CC2)CS(=O)CC2CCC(CC2)S(=O)C2CCC(CC2)CS(=O)CC2CCC(CC2)CS(=O)CC2CCC(CC2)C1. The van der Waals surface area contributed by atoms with Gasteiger partial charge in [0.2, 0.25) is 0 Å². The van der Waals surface area contributed by atoms with Crippen molar-refractivity contribution >= 4 is 64.8 Å². The highest BCUT2D eigenvalue weighted by Gasteiger charge is 2.35. The topological polar surface area (TPSA) is 102 Å². The summed E-state index contributed by atoms with van der Waals surface area (Å²) < 4.78 is 80.2. The van der Waals surface area contributed by atoms with Gasteiger partial charge in [-0.3, -0.25) is 25.3 Å². The molecule has 10 saturated heterocycles. The van der Waals surface area contributed by atoms with Gasteiger partial charge in [-0.25, -0.2) is 0 Å². The van der Waals surface area contributed by atoms with Crippen molar-refractivity contribution in [2.24, 2.45) is 59.2 Å². The molecule has 10 heterocycles. The minimum atomic E-state index is -0.788. The van der Waals surface area contributed by atoms with Gasteiger partial charge in [-0.15, -0.1) is 0 Å². The van der Waals surface area contributed by atoms with Gasteiger partial charge in [0.15, 0.2) is 0 Å². The third-order valence-electron chi connectivity index (χ3n) is 16.3. The highest BCUT2D eigenvalue weighted by atomic mass is 32.2. The van der Waals surface area contributed by atoms with E-state index in [1.807, 2.05) is 0 Å². The zero-order valence-corrected chi connectivity index (χ0v) is 40.8. The Morgan fingerprint density at radius 2 is 0.310 bits per heavy atom. The van der Waals surface area contributed by atoms with E-state index in [1.54, 1.807) is 0 Å². The Bertz CT molecular complexity index is 1310. The van der Waals surface area contributed by atoms with Crippen LogP contribution in [-0.2, 0) is 64.8 Å². The van der Waals surface area contributed by atoms with Crippen LogP contribution in [0.2, 0.25) is 0 Å². The van der Waals surface area contributed by atoms with Gasteiger partial charge >= 0.3 is 0 Å². The second-order valence-corrected chi connectivity index (χ2v) is 30.7. The van der Waals surface area contributed by atoms with Gasteiger partial charge in [0.05, 0.1) is 0 Å². The maximum Gasteiger partial charge on any atom is 0.0351 e. The second-order valence-electron chi connectivity index (χ2n) is 21.0. The second kappa shape index (κ2) is 23.7. The van der Waals surface area contributed by atoms with Crippen LogP contribution >= 0.6 is 0 Å². The molecule has 16 fully saturated rings. The van der Waals surface area contributed by atoms with Crippen molar-refractivity contribution in [1.82, 2.24) is 0 Å². The summed E-state index contributed by atoms with van der Waals surface area (Å²) >= 11 is 0. The third-order valence-corrected chi connectivity index (χ3v) is 27.0. The van der Waals surface area contributed by atoms with Crippen LogP contribution in [0.25, 0.3) is 0 Å². The average Bonchev–Trinajstić information content (AvgIpc) is 3.21. The lowest BCUT2D eigenvalue weighted by molar-refractivity contribution is 0.303. The van der Waals surface area contributed by atoms with Crippen LogP contribution in [0.5, 0.6) is 0 Å². The molecule has 6 aliphatic carbocycles.